The van der Waals surface area contributed by atoms with E-state index in [0.29, 0.717) is 22.1 Å². The van der Waals surface area contributed by atoms with Crippen LogP contribution in [0.1, 0.15) is 11.3 Å². The second-order valence-electron chi connectivity index (χ2n) is 3.58. The van der Waals surface area contributed by atoms with Gasteiger partial charge in [-0.3, -0.25) is 0 Å². The number of benzene rings is 1. The van der Waals surface area contributed by atoms with Crippen LogP contribution in [0.4, 0.5) is 4.39 Å². The normalized spacial score (nSPS) is 10.2. The smallest absolute Gasteiger partial charge is 0.137 e. The Labute approximate surface area is 103 Å². The van der Waals surface area contributed by atoms with Crippen LogP contribution in [-0.4, -0.2) is 9.78 Å². The summed E-state index contributed by atoms with van der Waals surface area (Å²) in [6.45, 7) is 1.79. The lowest BCUT2D eigenvalue weighted by Crippen LogP contribution is -1.96. The lowest BCUT2D eigenvalue weighted by molar-refractivity contribution is 0.627. The van der Waals surface area contributed by atoms with E-state index in [9.17, 15) is 4.39 Å². The van der Waals surface area contributed by atoms with Gasteiger partial charge in [0.05, 0.1) is 23.9 Å². The highest BCUT2D eigenvalue weighted by molar-refractivity contribution is 6.30. The summed E-state index contributed by atoms with van der Waals surface area (Å²) in [6.07, 6.45) is 0.214. The van der Waals surface area contributed by atoms with Crippen LogP contribution in [0.3, 0.4) is 0 Å². The van der Waals surface area contributed by atoms with Crippen molar-refractivity contribution in [3.63, 3.8) is 0 Å². The molecule has 0 aliphatic carbocycles. The van der Waals surface area contributed by atoms with Crippen LogP contribution >= 0.6 is 11.6 Å². The maximum Gasteiger partial charge on any atom is 0.137 e. The Morgan fingerprint density at radius 1 is 1.41 bits per heavy atom. The van der Waals surface area contributed by atoms with Crippen LogP contribution in [0.5, 0.6) is 0 Å². The number of rotatable bonds is 2. The Hall–Kier alpha value is -1.86. The third kappa shape index (κ3) is 2.15. The van der Waals surface area contributed by atoms with E-state index >= 15 is 0 Å². The number of nitrogens with zero attached hydrogens (tertiary/aromatic N) is 3. The first-order valence-corrected chi connectivity index (χ1v) is 5.38. The molecule has 0 amide bonds. The molecule has 0 unspecified atom stereocenters. The number of aromatic nitrogens is 2. The summed E-state index contributed by atoms with van der Waals surface area (Å²) in [6, 6.07) is 7.90. The second-order valence-corrected chi connectivity index (χ2v) is 3.94. The van der Waals surface area contributed by atoms with Crippen molar-refractivity contribution in [2.75, 3.05) is 0 Å². The van der Waals surface area contributed by atoms with Crippen LogP contribution in [0, 0.1) is 24.1 Å². The molecule has 0 N–H and O–H groups in total. The maximum absolute atomic E-state index is 12.8. The summed E-state index contributed by atoms with van der Waals surface area (Å²) in [5, 5.41) is 13.3. The van der Waals surface area contributed by atoms with E-state index in [-0.39, 0.29) is 12.2 Å². The van der Waals surface area contributed by atoms with Crippen molar-refractivity contribution in [3.05, 3.63) is 46.5 Å². The van der Waals surface area contributed by atoms with E-state index < -0.39 is 0 Å². The van der Waals surface area contributed by atoms with Crippen molar-refractivity contribution in [2.45, 2.75) is 13.3 Å². The molecule has 0 aliphatic heterocycles. The van der Waals surface area contributed by atoms with Crippen LogP contribution in [0.25, 0.3) is 5.69 Å². The summed E-state index contributed by atoms with van der Waals surface area (Å²) in [5.74, 6) is -0.314. The van der Waals surface area contributed by atoms with Gasteiger partial charge in [0.15, 0.2) is 0 Å². The summed E-state index contributed by atoms with van der Waals surface area (Å²) >= 11 is 6.14. The second kappa shape index (κ2) is 4.56. The minimum atomic E-state index is -0.314. The van der Waals surface area contributed by atoms with Crippen molar-refractivity contribution in [3.8, 4) is 11.8 Å². The van der Waals surface area contributed by atoms with Crippen LogP contribution in [0.15, 0.2) is 24.3 Å². The quantitative estimate of drug-likeness (QED) is 0.821. The Morgan fingerprint density at radius 2 is 2.06 bits per heavy atom. The molecular weight excluding hydrogens is 241 g/mol. The molecule has 2 aromatic rings. The van der Waals surface area contributed by atoms with E-state index in [4.69, 9.17) is 16.9 Å². The van der Waals surface area contributed by atoms with E-state index in [1.165, 1.54) is 16.8 Å². The van der Waals surface area contributed by atoms with E-state index in [0.717, 1.165) is 0 Å². The third-order valence-corrected chi connectivity index (χ3v) is 2.84. The number of hydrogen-bond acceptors (Lipinski definition) is 2. The first-order valence-electron chi connectivity index (χ1n) is 5.00. The van der Waals surface area contributed by atoms with Gasteiger partial charge in [0.2, 0.25) is 0 Å². The Kier molecular flexibility index (Phi) is 3.12. The van der Waals surface area contributed by atoms with Gasteiger partial charge >= 0.3 is 0 Å². The highest BCUT2D eigenvalue weighted by atomic mass is 35.5. The first kappa shape index (κ1) is 11.6. The average Bonchev–Trinajstić information content (AvgIpc) is 2.59. The number of aryl methyl sites for hydroxylation is 1. The summed E-state index contributed by atoms with van der Waals surface area (Å²) in [4.78, 5) is 0. The Morgan fingerprint density at radius 3 is 2.65 bits per heavy atom. The van der Waals surface area contributed by atoms with Gasteiger partial charge < -0.3 is 0 Å². The van der Waals surface area contributed by atoms with Crippen molar-refractivity contribution >= 4 is 11.6 Å². The van der Waals surface area contributed by atoms with Gasteiger partial charge in [-0.1, -0.05) is 11.6 Å². The molecule has 0 spiro atoms. The summed E-state index contributed by atoms with van der Waals surface area (Å²) in [5.41, 5.74) is 2.09. The molecule has 3 nitrogen and oxygen atoms in total. The molecule has 0 bridgehead atoms. The van der Waals surface area contributed by atoms with Gasteiger partial charge in [0.1, 0.15) is 11.0 Å². The number of halogens is 2. The van der Waals surface area contributed by atoms with E-state index in [2.05, 4.69) is 5.10 Å². The zero-order chi connectivity index (χ0) is 12.4. The van der Waals surface area contributed by atoms with Crippen molar-refractivity contribution < 1.29 is 4.39 Å². The number of nitriles is 1. The van der Waals surface area contributed by atoms with Crippen molar-refractivity contribution in [1.29, 1.82) is 5.26 Å². The molecule has 0 saturated heterocycles. The first-order chi connectivity index (χ1) is 8.13. The van der Waals surface area contributed by atoms with E-state index in [1.807, 2.05) is 6.07 Å². The van der Waals surface area contributed by atoms with Crippen molar-refractivity contribution in [1.82, 2.24) is 9.78 Å². The maximum atomic E-state index is 12.8. The molecule has 0 saturated carbocycles. The average molecular weight is 250 g/mol. The minimum Gasteiger partial charge on any atom is -0.222 e. The van der Waals surface area contributed by atoms with Gasteiger partial charge in [-0.15, -0.1) is 0 Å². The molecule has 0 aliphatic rings. The Balaban J connectivity index is 2.50. The zero-order valence-corrected chi connectivity index (χ0v) is 9.87. The molecule has 0 atom stereocenters. The molecule has 1 heterocycles. The number of hydrogen-bond donors (Lipinski definition) is 0. The minimum absolute atomic E-state index is 0.214. The lowest BCUT2D eigenvalue weighted by atomic mass is 10.2. The molecule has 17 heavy (non-hydrogen) atoms. The third-order valence-electron chi connectivity index (χ3n) is 2.45. The predicted octanol–water partition coefficient (Wildman–Crippen LogP) is 3.04. The fraction of sp³-hybridized carbons (Fsp3) is 0.167. The van der Waals surface area contributed by atoms with Crippen LogP contribution in [0.2, 0.25) is 5.15 Å². The molecule has 86 valence electrons. The molecule has 1 aromatic carbocycles. The molecule has 0 fully saturated rings. The fourth-order valence-corrected chi connectivity index (χ4v) is 1.90. The standard InChI is InChI=1S/C12H9ClFN3/c1-8-11(6-7-15)12(13)17(16-8)10-4-2-9(14)3-5-10/h2-5H,6H2,1H3. The fourth-order valence-electron chi connectivity index (χ4n) is 1.56. The van der Waals surface area contributed by atoms with Crippen molar-refractivity contribution in [2.24, 2.45) is 0 Å². The van der Waals surface area contributed by atoms with Gasteiger partial charge in [0.25, 0.3) is 0 Å². The van der Waals surface area contributed by atoms with Crippen LogP contribution < -0.4 is 0 Å². The zero-order valence-electron chi connectivity index (χ0n) is 9.11. The monoisotopic (exact) mass is 249 g/mol. The van der Waals surface area contributed by atoms with Crippen LogP contribution in [-0.2, 0) is 6.42 Å². The van der Waals surface area contributed by atoms with E-state index in [1.54, 1.807) is 19.1 Å². The predicted molar refractivity (Wildman–Crippen MR) is 62.6 cm³/mol. The summed E-state index contributed by atoms with van der Waals surface area (Å²) in [7, 11) is 0. The topological polar surface area (TPSA) is 41.6 Å². The lowest BCUT2D eigenvalue weighted by Gasteiger charge is -2.02. The van der Waals surface area contributed by atoms with Gasteiger partial charge in [-0.2, -0.15) is 10.4 Å². The molecule has 1 aromatic heterocycles. The summed E-state index contributed by atoms with van der Waals surface area (Å²) < 4.78 is 14.3. The SMILES string of the molecule is Cc1nn(-c2ccc(F)cc2)c(Cl)c1CC#N. The highest BCUT2D eigenvalue weighted by Crippen LogP contribution is 2.23. The molecule has 5 heteroatoms. The van der Waals surface area contributed by atoms with Gasteiger partial charge in [-0.05, 0) is 31.2 Å². The highest BCUT2D eigenvalue weighted by Gasteiger charge is 2.13. The van der Waals surface area contributed by atoms with Gasteiger partial charge in [0, 0.05) is 5.56 Å². The molecular formula is C12H9ClFN3. The van der Waals surface area contributed by atoms with Gasteiger partial charge in [-0.25, -0.2) is 9.07 Å². The Bertz CT molecular complexity index is 581. The molecule has 0 radical (unpaired) electrons. The largest absolute Gasteiger partial charge is 0.222 e. The molecule has 2 rings (SSSR count).